The molecule has 0 aliphatic carbocycles. The van der Waals surface area contributed by atoms with Crippen LogP contribution in [0, 0.1) is 10.1 Å². The lowest BCUT2D eigenvalue weighted by Crippen LogP contribution is -2.22. The molecule has 0 aliphatic rings. The SMILES string of the molecule is CCc1nn(CC(OC)OC)c(CC)c1[N+](=O)[O-]. The van der Waals surface area contributed by atoms with E-state index in [1.54, 1.807) is 4.68 Å². The second kappa shape index (κ2) is 6.46. The summed E-state index contributed by atoms with van der Waals surface area (Å²) in [5.41, 5.74) is 1.23. The summed E-state index contributed by atoms with van der Waals surface area (Å²) < 4.78 is 11.8. The third-order valence-corrected chi connectivity index (χ3v) is 2.80. The third-order valence-electron chi connectivity index (χ3n) is 2.80. The molecule has 1 aromatic heterocycles. The Morgan fingerprint density at radius 2 is 1.94 bits per heavy atom. The molecule has 0 bridgehead atoms. The van der Waals surface area contributed by atoms with Gasteiger partial charge in [-0.2, -0.15) is 5.10 Å². The zero-order valence-corrected chi connectivity index (χ0v) is 11.2. The maximum absolute atomic E-state index is 11.1. The first-order valence-electron chi connectivity index (χ1n) is 5.87. The van der Waals surface area contributed by atoms with Crippen LogP contribution in [0.15, 0.2) is 0 Å². The van der Waals surface area contributed by atoms with Crippen molar-refractivity contribution < 1.29 is 14.4 Å². The second-order valence-electron chi connectivity index (χ2n) is 3.79. The molecule has 0 saturated carbocycles. The number of nitrogens with zero attached hydrogens (tertiary/aromatic N) is 3. The average Bonchev–Trinajstić information content (AvgIpc) is 2.73. The zero-order valence-electron chi connectivity index (χ0n) is 11.2. The van der Waals surface area contributed by atoms with Crippen LogP contribution < -0.4 is 0 Å². The minimum atomic E-state index is -0.459. The Hall–Kier alpha value is -1.47. The summed E-state index contributed by atoms with van der Waals surface area (Å²) in [5.74, 6) is 0. The van der Waals surface area contributed by atoms with Gasteiger partial charge in [0.2, 0.25) is 0 Å². The van der Waals surface area contributed by atoms with Crippen LogP contribution in [0.25, 0.3) is 0 Å². The summed E-state index contributed by atoms with van der Waals surface area (Å²) in [7, 11) is 3.05. The highest BCUT2D eigenvalue weighted by atomic mass is 16.7. The molecular weight excluding hydrogens is 238 g/mol. The topological polar surface area (TPSA) is 79.4 Å². The Kier molecular flexibility index (Phi) is 5.24. The molecule has 1 aromatic rings. The van der Waals surface area contributed by atoms with Crippen molar-refractivity contribution in [2.75, 3.05) is 14.2 Å². The van der Waals surface area contributed by atoms with E-state index in [9.17, 15) is 10.1 Å². The summed E-state index contributed by atoms with van der Waals surface area (Å²) >= 11 is 0. The highest BCUT2D eigenvalue weighted by Crippen LogP contribution is 2.25. The van der Waals surface area contributed by atoms with Crippen LogP contribution in [0.4, 0.5) is 5.69 Å². The Labute approximate surface area is 106 Å². The van der Waals surface area contributed by atoms with E-state index in [2.05, 4.69) is 5.10 Å². The molecule has 0 spiro atoms. The molecule has 7 heteroatoms. The molecule has 1 heterocycles. The number of hydrogen-bond acceptors (Lipinski definition) is 5. The lowest BCUT2D eigenvalue weighted by Gasteiger charge is -2.14. The van der Waals surface area contributed by atoms with Crippen molar-refractivity contribution in [2.45, 2.75) is 39.5 Å². The van der Waals surface area contributed by atoms with Crippen LogP contribution in [0.1, 0.15) is 25.2 Å². The number of aryl methyl sites for hydroxylation is 1. The molecule has 0 atom stereocenters. The molecule has 18 heavy (non-hydrogen) atoms. The molecule has 0 aromatic carbocycles. The number of ether oxygens (including phenoxy) is 2. The largest absolute Gasteiger partial charge is 0.354 e. The molecule has 7 nitrogen and oxygen atoms in total. The Morgan fingerprint density at radius 1 is 1.33 bits per heavy atom. The fraction of sp³-hybridized carbons (Fsp3) is 0.727. The number of aromatic nitrogens is 2. The number of hydrogen-bond donors (Lipinski definition) is 0. The minimum absolute atomic E-state index is 0.117. The average molecular weight is 257 g/mol. The number of methoxy groups -OCH3 is 2. The van der Waals surface area contributed by atoms with Gasteiger partial charge in [0.1, 0.15) is 11.4 Å². The highest BCUT2D eigenvalue weighted by molar-refractivity contribution is 5.41. The predicted molar refractivity (Wildman–Crippen MR) is 65.4 cm³/mol. The first kappa shape index (κ1) is 14.6. The fourth-order valence-electron chi connectivity index (χ4n) is 1.88. The molecular formula is C11H19N3O4. The Morgan fingerprint density at radius 3 is 2.33 bits per heavy atom. The Balaban J connectivity index is 3.15. The molecule has 0 amide bonds. The molecule has 102 valence electrons. The van der Waals surface area contributed by atoms with Gasteiger partial charge >= 0.3 is 5.69 Å². The molecule has 0 unspecified atom stereocenters. The summed E-state index contributed by atoms with van der Waals surface area (Å²) in [5, 5.41) is 15.4. The first-order chi connectivity index (χ1) is 8.58. The maximum Gasteiger partial charge on any atom is 0.313 e. The van der Waals surface area contributed by atoms with Gasteiger partial charge in [-0.1, -0.05) is 13.8 Å². The molecule has 0 radical (unpaired) electrons. The molecule has 0 N–H and O–H groups in total. The monoisotopic (exact) mass is 257 g/mol. The van der Waals surface area contributed by atoms with Crippen molar-refractivity contribution >= 4 is 5.69 Å². The standard InChI is InChI=1S/C11H19N3O4/c1-5-8-11(14(15)16)9(6-2)13(12-8)7-10(17-3)18-4/h10H,5-7H2,1-4H3. The zero-order chi connectivity index (χ0) is 13.7. The smallest absolute Gasteiger partial charge is 0.313 e. The van der Waals surface area contributed by atoms with Crippen LogP contribution in [0.3, 0.4) is 0 Å². The van der Waals surface area contributed by atoms with Crippen molar-refractivity contribution in [1.82, 2.24) is 9.78 Å². The van der Waals surface area contributed by atoms with Crippen molar-refractivity contribution in [3.8, 4) is 0 Å². The Bertz CT molecular complexity index is 413. The number of rotatable bonds is 7. The van der Waals surface area contributed by atoms with Crippen molar-refractivity contribution in [3.63, 3.8) is 0 Å². The lowest BCUT2D eigenvalue weighted by molar-refractivity contribution is -0.386. The van der Waals surface area contributed by atoms with Crippen LogP contribution in [-0.4, -0.2) is 35.2 Å². The normalized spacial score (nSPS) is 11.2. The van der Waals surface area contributed by atoms with Gasteiger partial charge in [0, 0.05) is 14.2 Å². The van der Waals surface area contributed by atoms with Gasteiger partial charge in [-0.05, 0) is 12.8 Å². The van der Waals surface area contributed by atoms with Crippen LogP contribution in [0.5, 0.6) is 0 Å². The van der Waals surface area contributed by atoms with E-state index in [4.69, 9.17) is 9.47 Å². The highest BCUT2D eigenvalue weighted by Gasteiger charge is 2.26. The molecule has 1 rings (SSSR count). The van der Waals surface area contributed by atoms with E-state index in [0.29, 0.717) is 30.8 Å². The van der Waals surface area contributed by atoms with Gasteiger partial charge in [-0.3, -0.25) is 14.8 Å². The molecule has 0 saturated heterocycles. The summed E-state index contributed by atoms with van der Waals surface area (Å²) in [6, 6.07) is 0. The predicted octanol–water partition coefficient (Wildman–Crippen LogP) is 1.53. The van der Waals surface area contributed by atoms with Crippen LogP contribution in [0.2, 0.25) is 0 Å². The molecule has 0 aliphatic heterocycles. The van der Waals surface area contributed by atoms with E-state index in [1.165, 1.54) is 14.2 Å². The van der Waals surface area contributed by atoms with Crippen LogP contribution >= 0.6 is 0 Å². The summed E-state index contributed by atoms with van der Waals surface area (Å²) in [6.07, 6.45) is 0.615. The van der Waals surface area contributed by atoms with Gasteiger partial charge in [0.15, 0.2) is 6.29 Å². The van der Waals surface area contributed by atoms with E-state index in [0.717, 1.165) is 0 Å². The van der Waals surface area contributed by atoms with E-state index in [-0.39, 0.29) is 10.6 Å². The van der Waals surface area contributed by atoms with E-state index >= 15 is 0 Å². The number of nitro groups is 1. The van der Waals surface area contributed by atoms with Gasteiger partial charge in [0.25, 0.3) is 0 Å². The second-order valence-corrected chi connectivity index (χ2v) is 3.79. The van der Waals surface area contributed by atoms with Gasteiger partial charge in [-0.15, -0.1) is 0 Å². The summed E-state index contributed by atoms with van der Waals surface area (Å²) in [4.78, 5) is 10.7. The van der Waals surface area contributed by atoms with E-state index < -0.39 is 6.29 Å². The van der Waals surface area contributed by atoms with Gasteiger partial charge in [0.05, 0.1) is 11.5 Å². The maximum atomic E-state index is 11.1. The van der Waals surface area contributed by atoms with Crippen molar-refractivity contribution in [3.05, 3.63) is 21.5 Å². The van der Waals surface area contributed by atoms with Crippen LogP contribution in [-0.2, 0) is 28.9 Å². The van der Waals surface area contributed by atoms with Gasteiger partial charge < -0.3 is 9.47 Å². The van der Waals surface area contributed by atoms with Gasteiger partial charge in [-0.25, -0.2) is 0 Å². The van der Waals surface area contributed by atoms with Crippen molar-refractivity contribution in [1.29, 1.82) is 0 Å². The third kappa shape index (κ3) is 2.85. The minimum Gasteiger partial charge on any atom is -0.354 e. The summed E-state index contributed by atoms with van der Waals surface area (Å²) in [6.45, 7) is 4.06. The quantitative estimate of drug-likeness (QED) is 0.420. The fourth-order valence-corrected chi connectivity index (χ4v) is 1.88. The van der Waals surface area contributed by atoms with Crippen molar-refractivity contribution in [2.24, 2.45) is 0 Å². The van der Waals surface area contributed by atoms with E-state index in [1.807, 2.05) is 13.8 Å². The lowest BCUT2D eigenvalue weighted by atomic mass is 10.2. The first-order valence-corrected chi connectivity index (χ1v) is 5.87. The molecule has 0 fully saturated rings.